The third-order valence-corrected chi connectivity index (χ3v) is 4.15. The van der Waals surface area contributed by atoms with Crippen LogP contribution in [-0.2, 0) is 6.54 Å². The topological polar surface area (TPSA) is 41.5 Å². The maximum Gasteiger partial charge on any atom is 0.162 e. The van der Waals surface area contributed by atoms with Crippen LogP contribution in [0.15, 0.2) is 12.1 Å². The number of rotatable bonds is 4. The Kier molecular flexibility index (Phi) is 4.94. The molecule has 1 fully saturated rings. The molecular formula is C15H22ClNO2. The average Bonchev–Trinajstić information content (AvgIpc) is 2.41. The van der Waals surface area contributed by atoms with Crippen molar-refractivity contribution in [1.29, 1.82) is 0 Å². The van der Waals surface area contributed by atoms with Crippen molar-refractivity contribution < 1.29 is 9.84 Å². The first kappa shape index (κ1) is 14.5. The molecule has 1 saturated carbocycles. The summed E-state index contributed by atoms with van der Waals surface area (Å²) in [4.78, 5) is 0. The van der Waals surface area contributed by atoms with Gasteiger partial charge in [-0.15, -0.1) is 0 Å². The fourth-order valence-electron chi connectivity index (χ4n) is 2.64. The molecular weight excluding hydrogens is 262 g/mol. The zero-order chi connectivity index (χ0) is 13.8. The van der Waals surface area contributed by atoms with Gasteiger partial charge < -0.3 is 15.2 Å². The van der Waals surface area contributed by atoms with Crippen molar-refractivity contribution in [3.8, 4) is 11.5 Å². The van der Waals surface area contributed by atoms with Crippen molar-refractivity contribution >= 4 is 11.6 Å². The summed E-state index contributed by atoms with van der Waals surface area (Å²) in [6, 6.07) is 3.96. The summed E-state index contributed by atoms with van der Waals surface area (Å²) in [6.45, 7) is 2.94. The molecule has 2 rings (SSSR count). The molecule has 4 heteroatoms. The number of hydrogen-bond acceptors (Lipinski definition) is 3. The van der Waals surface area contributed by atoms with Crippen molar-refractivity contribution in [1.82, 2.24) is 5.32 Å². The van der Waals surface area contributed by atoms with Crippen LogP contribution in [0.1, 0.15) is 38.2 Å². The van der Waals surface area contributed by atoms with Crippen molar-refractivity contribution in [2.24, 2.45) is 5.92 Å². The van der Waals surface area contributed by atoms with Crippen LogP contribution in [0.3, 0.4) is 0 Å². The third kappa shape index (κ3) is 3.77. The van der Waals surface area contributed by atoms with Gasteiger partial charge in [-0.25, -0.2) is 0 Å². The smallest absolute Gasteiger partial charge is 0.162 e. The predicted octanol–water partition coefficient (Wildman–Crippen LogP) is 3.72. The Morgan fingerprint density at radius 3 is 2.63 bits per heavy atom. The Morgan fingerprint density at radius 2 is 2.00 bits per heavy atom. The van der Waals surface area contributed by atoms with Gasteiger partial charge in [0.05, 0.1) is 7.11 Å². The van der Waals surface area contributed by atoms with Crippen molar-refractivity contribution in [3.63, 3.8) is 0 Å². The zero-order valence-electron chi connectivity index (χ0n) is 11.6. The molecule has 0 aromatic heterocycles. The Hall–Kier alpha value is -0.930. The number of phenolic OH excluding ortho intramolecular Hbond substituents is 1. The minimum absolute atomic E-state index is 0.184. The Bertz CT molecular complexity index is 428. The van der Waals surface area contributed by atoms with Gasteiger partial charge in [-0.2, -0.15) is 0 Å². The van der Waals surface area contributed by atoms with Crippen molar-refractivity contribution in [2.75, 3.05) is 7.11 Å². The second-order valence-corrected chi connectivity index (χ2v) is 5.89. The van der Waals surface area contributed by atoms with E-state index in [1.807, 2.05) is 0 Å². The molecule has 0 radical (unpaired) electrons. The normalized spacial score (nSPS) is 23.3. The standard InChI is InChI=1S/C15H22ClNO2/c1-10-3-5-13(6-4-10)17-9-11-7-12(16)8-14(19-2)15(11)18/h7-8,10,13,17-18H,3-6,9H2,1-2H3. The number of ether oxygens (including phenoxy) is 1. The number of hydrogen-bond donors (Lipinski definition) is 2. The Balaban J connectivity index is 1.97. The second kappa shape index (κ2) is 6.49. The lowest BCUT2D eigenvalue weighted by molar-refractivity contribution is 0.304. The van der Waals surface area contributed by atoms with Gasteiger partial charge in [0.1, 0.15) is 0 Å². The fourth-order valence-corrected chi connectivity index (χ4v) is 2.87. The minimum atomic E-state index is 0.184. The lowest BCUT2D eigenvalue weighted by Gasteiger charge is -2.27. The van der Waals surface area contributed by atoms with E-state index in [1.165, 1.54) is 32.8 Å². The maximum atomic E-state index is 10.1. The van der Waals surface area contributed by atoms with Crippen LogP contribution in [0.2, 0.25) is 5.02 Å². The summed E-state index contributed by atoms with van der Waals surface area (Å²) < 4.78 is 5.11. The monoisotopic (exact) mass is 283 g/mol. The van der Waals surface area contributed by atoms with Crippen LogP contribution >= 0.6 is 11.6 Å². The SMILES string of the molecule is COc1cc(Cl)cc(CNC2CCC(C)CC2)c1O. The molecule has 1 aromatic carbocycles. The van der Waals surface area contributed by atoms with Crippen LogP contribution in [-0.4, -0.2) is 18.3 Å². The molecule has 0 amide bonds. The van der Waals surface area contributed by atoms with Crippen LogP contribution in [0.5, 0.6) is 11.5 Å². The van der Waals surface area contributed by atoms with Gasteiger partial charge in [0.25, 0.3) is 0 Å². The van der Waals surface area contributed by atoms with Gasteiger partial charge in [-0.05, 0) is 37.7 Å². The summed E-state index contributed by atoms with van der Waals surface area (Å²) in [6.07, 6.45) is 4.98. The van der Waals surface area contributed by atoms with E-state index in [1.54, 1.807) is 12.1 Å². The van der Waals surface area contributed by atoms with Crippen LogP contribution in [0.25, 0.3) is 0 Å². The molecule has 19 heavy (non-hydrogen) atoms. The molecule has 0 spiro atoms. The maximum absolute atomic E-state index is 10.1. The van der Waals surface area contributed by atoms with E-state index < -0.39 is 0 Å². The minimum Gasteiger partial charge on any atom is -0.504 e. The first-order chi connectivity index (χ1) is 9.10. The highest BCUT2D eigenvalue weighted by atomic mass is 35.5. The lowest BCUT2D eigenvalue weighted by atomic mass is 9.87. The summed E-state index contributed by atoms with van der Waals surface area (Å²) in [7, 11) is 1.53. The number of aromatic hydroxyl groups is 1. The molecule has 106 valence electrons. The summed E-state index contributed by atoms with van der Waals surface area (Å²) in [5, 5.41) is 14.2. The molecule has 1 aliphatic carbocycles. The predicted molar refractivity (Wildman–Crippen MR) is 77.9 cm³/mol. The van der Waals surface area contributed by atoms with E-state index >= 15 is 0 Å². The number of methoxy groups -OCH3 is 1. The van der Waals surface area contributed by atoms with Gasteiger partial charge in [-0.1, -0.05) is 18.5 Å². The zero-order valence-corrected chi connectivity index (χ0v) is 12.3. The quantitative estimate of drug-likeness (QED) is 0.885. The number of halogens is 1. The van der Waals surface area contributed by atoms with E-state index in [-0.39, 0.29) is 5.75 Å². The molecule has 0 aliphatic heterocycles. The summed E-state index contributed by atoms with van der Waals surface area (Å²) in [5.74, 6) is 1.46. The number of phenols is 1. The average molecular weight is 284 g/mol. The van der Waals surface area contributed by atoms with E-state index in [9.17, 15) is 5.11 Å². The van der Waals surface area contributed by atoms with Gasteiger partial charge in [-0.3, -0.25) is 0 Å². The van der Waals surface area contributed by atoms with E-state index in [4.69, 9.17) is 16.3 Å². The molecule has 2 N–H and O–H groups in total. The van der Waals surface area contributed by atoms with E-state index in [0.29, 0.717) is 23.4 Å². The first-order valence-corrected chi connectivity index (χ1v) is 7.26. The largest absolute Gasteiger partial charge is 0.504 e. The Morgan fingerprint density at radius 1 is 1.32 bits per heavy atom. The third-order valence-electron chi connectivity index (χ3n) is 3.94. The van der Waals surface area contributed by atoms with Gasteiger partial charge in [0, 0.05) is 29.2 Å². The van der Waals surface area contributed by atoms with Crippen LogP contribution in [0, 0.1) is 5.92 Å². The summed E-state index contributed by atoms with van der Waals surface area (Å²) >= 11 is 6.02. The van der Waals surface area contributed by atoms with Gasteiger partial charge in [0.2, 0.25) is 0 Å². The summed E-state index contributed by atoms with van der Waals surface area (Å²) in [5.41, 5.74) is 0.794. The van der Waals surface area contributed by atoms with Crippen LogP contribution in [0.4, 0.5) is 0 Å². The highest BCUT2D eigenvalue weighted by Crippen LogP contribution is 2.33. The van der Waals surface area contributed by atoms with Gasteiger partial charge >= 0.3 is 0 Å². The lowest BCUT2D eigenvalue weighted by Crippen LogP contribution is -2.32. The molecule has 0 saturated heterocycles. The van der Waals surface area contributed by atoms with Gasteiger partial charge in [0.15, 0.2) is 11.5 Å². The second-order valence-electron chi connectivity index (χ2n) is 5.45. The van der Waals surface area contributed by atoms with Crippen LogP contribution < -0.4 is 10.1 Å². The van der Waals surface area contributed by atoms with E-state index in [2.05, 4.69) is 12.2 Å². The molecule has 1 aliphatic rings. The number of nitrogens with one attached hydrogen (secondary N) is 1. The van der Waals surface area contributed by atoms with Crippen molar-refractivity contribution in [2.45, 2.75) is 45.2 Å². The molecule has 0 heterocycles. The Labute approximate surface area is 119 Å². The highest BCUT2D eigenvalue weighted by Gasteiger charge is 2.18. The molecule has 1 aromatic rings. The fraction of sp³-hybridized carbons (Fsp3) is 0.600. The number of benzene rings is 1. The highest BCUT2D eigenvalue weighted by molar-refractivity contribution is 6.30. The molecule has 0 atom stereocenters. The first-order valence-electron chi connectivity index (χ1n) is 6.89. The molecule has 0 bridgehead atoms. The molecule has 3 nitrogen and oxygen atoms in total. The van der Waals surface area contributed by atoms with E-state index in [0.717, 1.165) is 11.5 Å². The van der Waals surface area contributed by atoms with Crippen molar-refractivity contribution in [3.05, 3.63) is 22.7 Å². The molecule has 0 unspecified atom stereocenters.